The fourth-order valence-corrected chi connectivity index (χ4v) is 1.79. The Balaban J connectivity index is 3.32. The molecule has 1 rings (SSSR count). The highest BCUT2D eigenvalue weighted by Gasteiger charge is 2.27. The summed E-state index contributed by atoms with van der Waals surface area (Å²) in [6, 6.07) is 3.47. The van der Waals surface area contributed by atoms with E-state index in [4.69, 9.17) is 20.9 Å². The minimum atomic E-state index is -0.507. The minimum absolute atomic E-state index is 0.289. The van der Waals surface area contributed by atoms with Crippen LogP contribution in [0.5, 0.6) is 11.5 Å². The number of benzene rings is 1. The molecular formula is C13H22N2O2. The molecule has 0 amide bonds. The standard InChI is InChI=1S/C13H22N2O2/c1-8-6-9(16-4)7-10(17-5)11(8)12(14)13(2,3)15/h6-7,12H,14-15H2,1-5H3. The van der Waals surface area contributed by atoms with Gasteiger partial charge in [-0.1, -0.05) is 0 Å². The van der Waals surface area contributed by atoms with Gasteiger partial charge < -0.3 is 20.9 Å². The van der Waals surface area contributed by atoms with E-state index in [-0.39, 0.29) is 6.04 Å². The highest BCUT2D eigenvalue weighted by molar-refractivity contribution is 5.48. The van der Waals surface area contributed by atoms with E-state index in [1.807, 2.05) is 32.9 Å². The minimum Gasteiger partial charge on any atom is -0.497 e. The fraction of sp³-hybridized carbons (Fsp3) is 0.538. The van der Waals surface area contributed by atoms with E-state index in [9.17, 15) is 0 Å². The van der Waals surface area contributed by atoms with Gasteiger partial charge in [-0.15, -0.1) is 0 Å². The van der Waals surface area contributed by atoms with Gasteiger partial charge in [0.25, 0.3) is 0 Å². The van der Waals surface area contributed by atoms with Gasteiger partial charge in [-0.05, 0) is 32.4 Å². The van der Waals surface area contributed by atoms with Crippen molar-refractivity contribution < 1.29 is 9.47 Å². The van der Waals surface area contributed by atoms with Gasteiger partial charge in [-0.3, -0.25) is 0 Å². The number of aryl methyl sites for hydroxylation is 1. The molecule has 0 fully saturated rings. The number of ether oxygens (including phenoxy) is 2. The van der Waals surface area contributed by atoms with E-state index in [1.165, 1.54) is 0 Å². The second-order valence-electron chi connectivity index (χ2n) is 4.86. The van der Waals surface area contributed by atoms with Crippen molar-refractivity contribution in [2.75, 3.05) is 14.2 Å². The molecule has 0 spiro atoms. The Morgan fingerprint density at radius 3 is 2.18 bits per heavy atom. The van der Waals surface area contributed by atoms with Crippen LogP contribution in [0.2, 0.25) is 0 Å². The first-order valence-electron chi connectivity index (χ1n) is 5.58. The average molecular weight is 238 g/mol. The molecule has 1 unspecified atom stereocenters. The molecule has 0 radical (unpaired) electrons. The first-order valence-corrected chi connectivity index (χ1v) is 5.58. The lowest BCUT2D eigenvalue weighted by atomic mass is 9.87. The van der Waals surface area contributed by atoms with Gasteiger partial charge in [0.05, 0.1) is 20.3 Å². The fourth-order valence-electron chi connectivity index (χ4n) is 1.79. The van der Waals surface area contributed by atoms with Crippen molar-refractivity contribution >= 4 is 0 Å². The Kier molecular flexibility index (Phi) is 4.01. The molecule has 0 saturated heterocycles. The predicted octanol–water partition coefficient (Wildman–Crippen LogP) is 1.75. The monoisotopic (exact) mass is 238 g/mol. The first kappa shape index (κ1) is 13.8. The lowest BCUT2D eigenvalue weighted by Gasteiger charge is -2.30. The Bertz CT molecular complexity index is 397. The molecule has 1 atom stereocenters. The Morgan fingerprint density at radius 1 is 1.18 bits per heavy atom. The summed E-state index contributed by atoms with van der Waals surface area (Å²) in [5, 5.41) is 0. The third kappa shape index (κ3) is 2.90. The molecule has 0 bridgehead atoms. The Labute approximate surface area is 103 Å². The summed E-state index contributed by atoms with van der Waals surface area (Å²) in [5.74, 6) is 1.47. The smallest absolute Gasteiger partial charge is 0.127 e. The number of rotatable bonds is 4. The van der Waals surface area contributed by atoms with E-state index in [0.717, 1.165) is 16.9 Å². The van der Waals surface area contributed by atoms with E-state index in [2.05, 4.69) is 0 Å². The van der Waals surface area contributed by atoms with Crippen molar-refractivity contribution in [3.05, 3.63) is 23.3 Å². The molecule has 0 aromatic heterocycles. The molecule has 1 aromatic carbocycles. The summed E-state index contributed by atoms with van der Waals surface area (Å²) < 4.78 is 10.6. The van der Waals surface area contributed by atoms with Crippen molar-refractivity contribution in [1.82, 2.24) is 0 Å². The van der Waals surface area contributed by atoms with Crippen LogP contribution in [-0.4, -0.2) is 19.8 Å². The topological polar surface area (TPSA) is 70.5 Å². The van der Waals surface area contributed by atoms with E-state index >= 15 is 0 Å². The molecule has 4 heteroatoms. The molecule has 96 valence electrons. The summed E-state index contributed by atoms with van der Waals surface area (Å²) in [5.41, 5.74) is 13.7. The second-order valence-corrected chi connectivity index (χ2v) is 4.86. The number of methoxy groups -OCH3 is 2. The summed E-state index contributed by atoms with van der Waals surface area (Å²) in [7, 11) is 3.24. The van der Waals surface area contributed by atoms with Crippen molar-refractivity contribution in [2.24, 2.45) is 11.5 Å². The van der Waals surface area contributed by atoms with Gasteiger partial charge in [-0.25, -0.2) is 0 Å². The maximum atomic E-state index is 6.19. The van der Waals surface area contributed by atoms with Gasteiger partial charge in [0, 0.05) is 17.2 Å². The molecule has 0 saturated carbocycles. The van der Waals surface area contributed by atoms with Gasteiger partial charge in [0.2, 0.25) is 0 Å². The maximum absolute atomic E-state index is 6.19. The van der Waals surface area contributed by atoms with Crippen LogP contribution in [0.25, 0.3) is 0 Å². The lowest BCUT2D eigenvalue weighted by Crippen LogP contribution is -2.44. The zero-order valence-corrected chi connectivity index (χ0v) is 11.2. The molecule has 4 nitrogen and oxygen atoms in total. The van der Waals surface area contributed by atoms with Crippen molar-refractivity contribution in [3.8, 4) is 11.5 Å². The van der Waals surface area contributed by atoms with Crippen LogP contribution in [0, 0.1) is 6.92 Å². The molecule has 0 aliphatic rings. The van der Waals surface area contributed by atoms with Gasteiger partial charge in [-0.2, -0.15) is 0 Å². The molecule has 0 aliphatic carbocycles. The van der Waals surface area contributed by atoms with Gasteiger partial charge in [0.15, 0.2) is 0 Å². The second kappa shape index (κ2) is 4.94. The van der Waals surface area contributed by atoms with Crippen LogP contribution < -0.4 is 20.9 Å². The van der Waals surface area contributed by atoms with E-state index in [1.54, 1.807) is 14.2 Å². The summed E-state index contributed by atoms with van der Waals surface area (Å²) in [6.07, 6.45) is 0. The average Bonchev–Trinajstić information content (AvgIpc) is 2.25. The van der Waals surface area contributed by atoms with Crippen LogP contribution >= 0.6 is 0 Å². The molecular weight excluding hydrogens is 216 g/mol. The predicted molar refractivity (Wildman–Crippen MR) is 69.5 cm³/mol. The number of nitrogens with two attached hydrogens (primary N) is 2. The van der Waals surface area contributed by atoms with Gasteiger partial charge >= 0.3 is 0 Å². The summed E-state index contributed by atoms with van der Waals surface area (Å²) >= 11 is 0. The molecule has 0 aliphatic heterocycles. The van der Waals surface area contributed by atoms with Crippen molar-refractivity contribution in [3.63, 3.8) is 0 Å². The van der Waals surface area contributed by atoms with Gasteiger partial charge in [0.1, 0.15) is 11.5 Å². The SMILES string of the molecule is COc1cc(C)c(C(N)C(C)(C)N)c(OC)c1. The zero-order chi connectivity index (χ0) is 13.2. The van der Waals surface area contributed by atoms with Crippen molar-refractivity contribution in [2.45, 2.75) is 32.4 Å². The summed E-state index contributed by atoms with van der Waals surface area (Å²) in [6.45, 7) is 5.79. The Morgan fingerprint density at radius 2 is 1.76 bits per heavy atom. The van der Waals surface area contributed by atoms with Crippen LogP contribution in [0.1, 0.15) is 31.0 Å². The van der Waals surface area contributed by atoms with Crippen LogP contribution in [-0.2, 0) is 0 Å². The number of hydrogen-bond donors (Lipinski definition) is 2. The quantitative estimate of drug-likeness (QED) is 0.838. The van der Waals surface area contributed by atoms with E-state index < -0.39 is 5.54 Å². The van der Waals surface area contributed by atoms with Crippen LogP contribution in [0.15, 0.2) is 12.1 Å². The normalized spacial score (nSPS) is 13.4. The van der Waals surface area contributed by atoms with Crippen molar-refractivity contribution in [1.29, 1.82) is 0 Å². The molecule has 0 heterocycles. The first-order chi connectivity index (χ1) is 7.81. The maximum Gasteiger partial charge on any atom is 0.127 e. The van der Waals surface area contributed by atoms with Crippen LogP contribution in [0.3, 0.4) is 0 Å². The molecule has 4 N–H and O–H groups in total. The largest absolute Gasteiger partial charge is 0.497 e. The highest BCUT2D eigenvalue weighted by atomic mass is 16.5. The third-order valence-corrected chi connectivity index (χ3v) is 2.89. The molecule has 1 aromatic rings. The highest BCUT2D eigenvalue weighted by Crippen LogP contribution is 2.35. The summed E-state index contributed by atoms with van der Waals surface area (Å²) in [4.78, 5) is 0. The third-order valence-electron chi connectivity index (χ3n) is 2.89. The lowest BCUT2D eigenvalue weighted by molar-refractivity contribution is 0.367. The zero-order valence-electron chi connectivity index (χ0n) is 11.2. The Hall–Kier alpha value is -1.26. The molecule has 17 heavy (non-hydrogen) atoms. The van der Waals surface area contributed by atoms with Crippen LogP contribution in [0.4, 0.5) is 0 Å². The van der Waals surface area contributed by atoms with E-state index in [0.29, 0.717) is 5.75 Å². The number of hydrogen-bond acceptors (Lipinski definition) is 4.